The van der Waals surface area contributed by atoms with Crippen molar-refractivity contribution in [3.05, 3.63) is 64.8 Å². The lowest BCUT2D eigenvalue weighted by Gasteiger charge is -2.14. The van der Waals surface area contributed by atoms with E-state index in [0.717, 1.165) is 28.1 Å². The van der Waals surface area contributed by atoms with Gasteiger partial charge in [-0.25, -0.2) is 9.97 Å². The second-order valence-corrected chi connectivity index (χ2v) is 6.86. The fourth-order valence-corrected chi connectivity index (χ4v) is 3.10. The molecule has 26 heavy (non-hydrogen) atoms. The molecule has 0 fully saturated rings. The fraction of sp³-hybridized carbons (Fsp3) is 0.211. The van der Waals surface area contributed by atoms with Gasteiger partial charge in [-0.1, -0.05) is 17.7 Å². The molecule has 3 aromatic heterocycles. The summed E-state index contributed by atoms with van der Waals surface area (Å²) in [5.74, 6) is 0.720. The molecule has 0 bridgehead atoms. The van der Waals surface area contributed by atoms with Gasteiger partial charge in [0.25, 0.3) is 5.91 Å². The molecule has 7 heteroatoms. The van der Waals surface area contributed by atoms with Crippen molar-refractivity contribution >= 4 is 34.2 Å². The summed E-state index contributed by atoms with van der Waals surface area (Å²) in [7, 11) is 1.77. The number of carbonyl (C=O) groups is 1. The molecular weight excluding hydrogens is 350 g/mol. The van der Waals surface area contributed by atoms with Gasteiger partial charge in [-0.05, 0) is 36.8 Å². The lowest BCUT2D eigenvalue weighted by Crippen LogP contribution is -2.29. The van der Waals surface area contributed by atoms with Crippen LogP contribution in [-0.2, 0) is 6.42 Å². The SMILES string of the molecule is Cc1ccc2nc(C(=O)N(C)CCc3nc4ccc(Cl)cc4[nH]3)cn2c1. The lowest BCUT2D eigenvalue weighted by molar-refractivity contribution is 0.0791. The molecule has 0 saturated heterocycles. The third-order valence-corrected chi connectivity index (χ3v) is 4.58. The van der Waals surface area contributed by atoms with E-state index >= 15 is 0 Å². The van der Waals surface area contributed by atoms with E-state index in [0.29, 0.717) is 23.7 Å². The van der Waals surface area contributed by atoms with Gasteiger partial charge in [0.2, 0.25) is 0 Å². The molecule has 0 radical (unpaired) electrons. The van der Waals surface area contributed by atoms with Gasteiger partial charge in [0.1, 0.15) is 17.2 Å². The second kappa shape index (κ2) is 6.46. The van der Waals surface area contributed by atoms with Crippen LogP contribution < -0.4 is 0 Å². The number of nitrogens with one attached hydrogen (secondary N) is 1. The number of benzene rings is 1. The van der Waals surface area contributed by atoms with Crippen LogP contribution in [0.5, 0.6) is 0 Å². The van der Waals surface area contributed by atoms with E-state index in [9.17, 15) is 4.79 Å². The molecule has 3 heterocycles. The predicted molar refractivity (Wildman–Crippen MR) is 102 cm³/mol. The molecule has 0 spiro atoms. The van der Waals surface area contributed by atoms with Gasteiger partial charge in [-0.2, -0.15) is 0 Å². The smallest absolute Gasteiger partial charge is 0.273 e. The maximum atomic E-state index is 12.6. The van der Waals surface area contributed by atoms with E-state index in [2.05, 4.69) is 15.0 Å². The summed E-state index contributed by atoms with van der Waals surface area (Å²) < 4.78 is 1.87. The van der Waals surface area contributed by atoms with Crippen LogP contribution >= 0.6 is 11.6 Å². The Morgan fingerprint density at radius 3 is 2.92 bits per heavy atom. The van der Waals surface area contributed by atoms with Crippen LogP contribution in [0, 0.1) is 6.92 Å². The molecule has 1 amide bonds. The number of aryl methyl sites for hydroxylation is 1. The Labute approximate surface area is 155 Å². The monoisotopic (exact) mass is 367 g/mol. The molecule has 0 aliphatic heterocycles. The summed E-state index contributed by atoms with van der Waals surface area (Å²) in [5, 5.41) is 0.669. The number of H-pyrrole nitrogens is 1. The molecule has 0 unspecified atom stereocenters. The van der Waals surface area contributed by atoms with Crippen LogP contribution in [0.15, 0.2) is 42.7 Å². The first-order valence-electron chi connectivity index (χ1n) is 8.34. The summed E-state index contributed by atoms with van der Waals surface area (Å²) >= 11 is 6.00. The maximum Gasteiger partial charge on any atom is 0.273 e. The Hall–Kier alpha value is -2.86. The standard InChI is InChI=1S/C19H18ClN5O/c1-12-3-6-18-23-16(11-25(18)10-12)19(26)24(2)8-7-17-21-14-5-4-13(20)9-15(14)22-17/h3-6,9-11H,7-8H2,1-2H3,(H,21,22). The number of amides is 1. The Bertz CT molecular complexity index is 1110. The molecule has 1 N–H and O–H groups in total. The van der Waals surface area contributed by atoms with Crippen molar-refractivity contribution in [1.82, 2.24) is 24.3 Å². The lowest BCUT2D eigenvalue weighted by atomic mass is 10.3. The van der Waals surface area contributed by atoms with Gasteiger partial charge in [0.15, 0.2) is 0 Å². The van der Waals surface area contributed by atoms with Crippen LogP contribution in [0.4, 0.5) is 0 Å². The highest BCUT2D eigenvalue weighted by atomic mass is 35.5. The molecule has 1 aromatic carbocycles. The minimum Gasteiger partial charge on any atom is -0.342 e. The van der Waals surface area contributed by atoms with E-state index in [-0.39, 0.29) is 5.91 Å². The number of aromatic amines is 1. The second-order valence-electron chi connectivity index (χ2n) is 6.42. The van der Waals surface area contributed by atoms with Gasteiger partial charge in [0, 0.05) is 37.4 Å². The fourth-order valence-electron chi connectivity index (χ4n) is 2.93. The first kappa shape index (κ1) is 16.6. The third kappa shape index (κ3) is 3.15. The highest BCUT2D eigenvalue weighted by Crippen LogP contribution is 2.17. The molecule has 0 atom stereocenters. The van der Waals surface area contributed by atoms with E-state index in [1.165, 1.54) is 0 Å². The van der Waals surface area contributed by atoms with E-state index < -0.39 is 0 Å². The summed E-state index contributed by atoms with van der Waals surface area (Å²) in [6.07, 6.45) is 4.35. The number of hydrogen-bond acceptors (Lipinski definition) is 3. The van der Waals surface area contributed by atoms with Gasteiger partial charge < -0.3 is 14.3 Å². The number of halogens is 1. The zero-order valence-electron chi connectivity index (χ0n) is 14.5. The summed E-state index contributed by atoms with van der Waals surface area (Å²) in [6, 6.07) is 9.43. The van der Waals surface area contributed by atoms with E-state index in [1.807, 2.05) is 47.9 Å². The van der Waals surface area contributed by atoms with E-state index in [4.69, 9.17) is 11.6 Å². The molecule has 0 saturated carbocycles. The third-order valence-electron chi connectivity index (χ3n) is 4.34. The minimum atomic E-state index is -0.106. The van der Waals surface area contributed by atoms with Gasteiger partial charge in [-0.15, -0.1) is 0 Å². The Morgan fingerprint density at radius 2 is 2.08 bits per heavy atom. The molecule has 4 rings (SSSR count). The predicted octanol–water partition coefficient (Wildman–Crippen LogP) is 3.49. The number of rotatable bonds is 4. The van der Waals surface area contributed by atoms with Crippen LogP contribution in [0.2, 0.25) is 5.02 Å². The van der Waals surface area contributed by atoms with Crippen molar-refractivity contribution in [2.75, 3.05) is 13.6 Å². The van der Waals surface area contributed by atoms with Crippen molar-refractivity contribution in [3.8, 4) is 0 Å². The largest absolute Gasteiger partial charge is 0.342 e. The number of nitrogens with zero attached hydrogens (tertiary/aromatic N) is 4. The number of likely N-dealkylation sites (N-methyl/N-ethyl adjacent to an activating group) is 1. The number of imidazole rings is 2. The summed E-state index contributed by atoms with van der Waals surface area (Å²) in [5.41, 5.74) is 4.09. The molecule has 4 aromatic rings. The Balaban J connectivity index is 1.47. The molecule has 6 nitrogen and oxygen atoms in total. The topological polar surface area (TPSA) is 66.3 Å². The van der Waals surface area contributed by atoms with Crippen molar-refractivity contribution in [2.45, 2.75) is 13.3 Å². The van der Waals surface area contributed by atoms with Crippen LogP contribution in [0.3, 0.4) is 0 Å². The van der Waals surface area contributed by atoms with Crippen LogP contribution in [-0.4, -0.2) is 43.8 Å². The van der Waals surface area contributed by atoms with Gasteiger partial charge >= 0.3 is 0 Å². The highest BCUT2D eigenvalue weighted by molar-refractivity contribution is 6.31. The minimum absolute atomic E-state index is 0.106. The van der Waals surface area contributed by atoms with Gasteiger partial charge in [0.05, 0.1) is 11.0 Å². The first-order valence-corrected chi connectivity index (χ1v) is 8.72. The summed E-state index contributed by atoms with van der Waals surface area (Å²) in [6.45, 7) is 2.55. The number of fused-ring (bicyclic) bond motifs is 2. The number of pyridine rings is 1. The normalized spacial score (nSPS) is 11.3. The zero-order valence-corrected chi connectivity index (χ0v) is 15.3. The summed E-state index contributed by atoms with van der Waals surface area (Å²) in [4.78, 5) is 26.5. The van der Waals surface area contributed by atoms with Crippen LogP contribution in [0.1, 0.15) is 21.9 Å². The van der Waals surface area contributed by atoms with Crippen LogP contribution in [0.25, 0.3) is 16.7 Å². The Morgan fingerprint density at radius 1 is 1.23 bits per heavy atom. The average molecular weight is 368 g/mol. The highest BCUT2D eigenvalue weighted by Gasteiger charge is 2.16. The van der Waals surface area contributed by atoms with Crippen molar-refractivity contribution in [2.24, 2.45) is 0 Å². The van der Waals surface area contributed by atoms with Crippen molar-refractivity contribution < 1.29 is 4.79 Å². The van der Waals surface area contributed by atoms with E-state index in [1.54, 1.807) is 18.1 Å². The zero-order chi connectivity index (χ0) is 18.3. The number of aromatic nitrogens is 4. The van der Waals surface area contributed by atoms with Crippen molar-refractivity contribution in [1.29, 1.82) is 0 Å². The average Bonchev–Trinajstić information content (AvgIpc) is 3.21. The molecular formula is C19H18ClN5O. The maximum absolute atomic E-state index is 12.6. The quantitative estimate of drug-likeness (QED) is 0.600. The number of hydrogen-bond donors (Lipinski definition) is 1. The first-order chi connectivity index (χ1) is 12.5. The Kier molecular flexibility index (Phi) is 4.12. The molecule has 0 aliphatic rings. The molecule has 0 aliphatic carbocycles. The molecule has 132 valence electrons. The number of carbonyl (C=O) groups excluding carboxylic acids is 1. The van der Waals surface area contributed by atoms with Crippen molar-refractivity contribution in [3.63, 3.8) is 0 Å². The van der Waals surface area contributed by atoms with Gasteiger partial charge in [-0.3, -0.25) is 4.79 Å².